The minimum absolute atomic E-state index is 0.0569. The molecule has 1 aliphatic carbocycles. The number of amides is 2. The van der Waals surface area contributed by atoms with Crippen LogP contribution < -0.4 is 0 Å². The van der Waals surface area contributed by atoms with Gasteiger partial charge in [-0.15, -0.1) is 0 Å². The van der Waals surface area contributed by atoms with E-state index in [1.54, 1.807) is 0 Å². The third-order valence-electron chi connectivity index (χ3n) is 3.40. The lowest BCUT2D eigenvalue weighted by molar-refractivity contribution is -0.178. The largest absolute Gasteiger partial charge is 0.534 e. The van der Waals surface area contributed by atoms with E-state index in [0.717, 1.165) is 0 Å². The Morgan fingerprint density at radius 2 is 1.68 bits per heavy atom. The Kier molecular flexibility index (Phi) is 3.11. The molecule has 0 radical (unpaired) electrons. The number of ether oxygens (including phenoxy) is 3. The molecule has 3 fully saturated rings. The minimum Gasteiger partial charge on any atom is -0.429 e. The molecule has 19 heavy (non-hydrogen) atoms. The molecule has 2 aliphatic heterocycles. The van der Waals surface area contributed by atoms with E-state index >= 15 is 0 Å². The van der Waals surface area contributed by atoms with Crippen molar-refractivity contribution < 1.29 is 33.4 Å². The molecule has 0 aromatic carbocycles. The lowest BCUT2D eigenvalue weighted by Crippen LogP contribution is -2.33. The first-order chi connectivity index (χ1) is 9.13. The number of carbonyl (C=O) groups excluding carboxylic acids is 3. The number of nitrogens with zero attached hydrogens (tertiary/aromatic N) is 1. The average molecular weight is 271 g/mol. The summed E-state index contributed by atoms with van der Waals surface area (Å²) in [4.78, 5) is 38.6. The summed E-state index contributed by atoms with van der Waals surface area (Å²) < 4.78 is 15.6. The van der Waals surface area contributed by atoms with E-state index in [4.69, 9.17) is 14.2 Å². The third-order valence-corrected chi connectivity index (χ3v) is 3.40. The van der Waals surface area contributed by atoms with Crippen LogP contribution in [0.3, 0.4) is 0 Å². The maximum atomic E-state index is 11.5. The second-order valence-electron chi connectivity index (χ2n) is 4.66. The van der Waals surface area contributed by atoms with Crippen molar-refractivity contribution in [1.82, 2.24) is 5.06 Å². The molecule has 0 bridgehead atoms. The number of carbonyl (C=O) groups is 3. The third kappa shape index (κ3) is 2.41. The van der Waals surface area contributed by atoms with E-state index in [2.05, 4.69) is 4.84 Å². The van der Waals surface area contributed by atoms with Crippen molar-refractivity contribution in [2.24, 2.45) is 0 Å². The highest BCUT2D eigenvalue weighted by atomic mass is 16.8. The Labute approximate surface area is 108 Å². The summed E-state index contributed by atoms with van der Waals surface area (Å²) in [5.41, 5.74) is 0. The molecule has 1 unspecified atom stereocenters. The number of fused-ring (bicyclic) bond motifs is 1. The van der Waals surface area contributed by atoms with Crippen LogP contribution in [0, 0.1) is 0 Å². The Balaban J connectivity index is 1.49. The van der Waals surface area contributed by atoms with E-state index in [1.165, 1.54) is 0 Å². The Hall–Kier alpha value is -1.67. The Morgan fingerprint density at radius 1 is 1.11 bits per heavy atom. The maximum absolute atomic E-state index is 11.5. The smallest absolute Gasteiger partial charge is 0.429 e. The number of hydrogen-bond acceptors (Lipinski definition) is 7. The van der Waals surface area contributed by atoms with Crippen LogP contribution in [0.4, 0.5) is 4.79 Å². The number of rotatable bonds is 2. The summed E-state index contributed by atoms with van der Waals surface area (Å²) in [5.74, 6) is -1.06. The molecular weight excluding hydrogens is 258 g/mol. The molecule has 0 aromatic rings. The van der Waals surface area contributed by atoms with Crippen LogP contribution in [0.1, 0.15) is 25.7 Å². The zero-order valence-corrected chi connectivity index (χ0v) is 10.1. The van der Waals surface area contributed by atoms with Crippen molar-refractivity contribution in [3.63, 3.8) is 0 Å². The summed E-state index contributed by atoms with van der Waals surface area (Å²) in [6.45, 7) is 0.267. The van der Waals surface area contributed by atoms with Crippen molar-refractivity contribution in [3.05, 3.63) is 0 Å². The van der Waals surface area contributed by atoms with Gasteiger partial charge in [-0.25, -0.2) is 4.79 Å². The van der Waals surface area contributed by atoms with Gasteiger partial charge in [0.25, 0.3) is 11.8 Å². The molecule has 3 rings (SSSR count). The Morgan fingerprint density at radius 3 is 2.26 bits per heavy atom. The molecule has 0 aromatic heterocycles. The molecule has 1 saturated carbocycles. The SMILES string of the molecule is O=C(OC1C[C@@H]2OCO[C@@H]2C1)ON1C(=O)CCC1=O. The fourth-order valence-electron chi connectivity index (χ4n) is 2.47. The number of hydrogen-bond donors (Lipinski definition) is 0. The van der Waals surface area contributed by atoms with Gasteiger partial charge in [-0.3, -0.25) is 14.4 Å². The highest BCUT2D eigenvalue weighted by molar-refractivity contribution is 6.01. The quantitative estimate of drug-likeness (QED) is 0.519. The van der Waals surface area contributed by atoms with Gasteiger partial charge in [0.2, 0.25) is 0 Å². The van der Waals surface area contributed by atoms with Gasteiger partial charge in [0.1, 0.15) is 12.9 Å². The van der Waals surface area contributed by atoms with Gasteiger partial charge < -0.3 is 14.2 Å². The summed E-state index contributed by atoms with van der Waals surface area (Å²) in [6.07, 6.45) is -0.378. The highest BCUT2D eigenvalue weighted by Crippen LogP contribution is 2.32. The van der Waals surface area contributed by atoms with Crippen LogP contribution in [0.5, 0.6) is 0 Å². The Bertz CT molecular complexity index is 395. The van der Waals surface area contributed by atoms with Crippen LogP contribution in [-0.2, 0) is 28.6 Å². The second kappa shape index (κ2) is 4.78. The first-order valence-corrected chi connectivity index (χ1v) is 6.11. The molecule has 8 heteroatoms. The van der Waals surface area contributed by atoms with Gasteiger partial charge >= 0.3 is 6.16 Å². The lowest BCUT2D eigenvalue weighted by atomic mass is 10.3. The van der Waals surface area contributed by atoms with Gasteiger partial charge in [0.05, 0.1) is 12.2 Å². The molecule has 0 N–H and O–H groups in total. The first-order valence-electron chi connectivity index (χ1n) is 6.11. The summed E-state index contributed by atoms with van der Waals surface area (Å²) >= 11 is 0. The fourth-order valence-corrected chi connectivity index (χ4v) is 2.47. The van der Waals surface area contributed by atoms with Gasteiger partial charge in [-0.2, -0.15) is 0 Å². The van der Waals surface area contributed by atoms with Crippen molar-refractivity contribution in [3.8, 4) is 0 Å². The predicted molar refractivity (Wildman–Crippen MR) is 56.3 cm³/mol. The normalized spacial score (nSPS) is 33.7. The monoisotopic (exact) mass is 271 g/mol. The van der Waals surface area contributed by atoms with Crippen molar-refractivity contribution >= 4 is 18.0 Å². The standard InChI is InChI=1S/C11H13NO7/c13-9-1-2-10(14)12(9)19-11(15)18-6-3-7-8(4-6)17-5-16-7/h6-8H,1-5H2/t6?,7-,8+. The van der Waals surface area contributed by atoms with Gasteiger partial charge in [0.15, 0.2) is 0 Å². The van der Waals surface area contributed by atoms with Gasteiger partial charge in [-0.1, -0.05) is 5.06 Å². The van der Waals surface area contributed by atoms with Crippen LogP contribution in [0.25, 0.3) is 0 Å². The van der Waals surface area contributed by atoms with Gasteiger partial charge in [-0.05, 0) is 0 Å². The molecule has 3 atom stereocenters. The number of hydroxylamine groups is 2. The average Bonchev–Trinajstić information content (AvgIpc) is 2.99. The van der Waals surface area contributed by atoms with E-state index in [9.17, 15) is 14.4 Å². The van der Waals surface area contributed by atoms with Crippen LogP contribution >= 0.6 is 0 Å². The number of imide groups is 1. The molecule has 2 amide bonds. The van der Waals surface area contributed by atoms with Crippen molar-refractivity contribution in [2.75, 3.05) is 6.79 Å². The van der Waals surface area contributed by atoms with Crippen LogP contribution in [0.15, 0.2) is 0 Å². The summed E-state index contributed by atoms with van der Waals surface area (Å²) in [7, 11) is 0. The fraction of sp³-hybridized carbons (Fsp3) is 0.727. The minimum atomic E-state index is -1.05. The second-order valence-corrected chi connectivity index (χ2v) is 4.66. The molecule has 2 heterocycles. The zero-order chi connectivity index (χ0) is 13.4. The van der Waals surface area contributed by atoms with E-state index in [1.807, 2.05) is 0 Å². The van der Waals surface area contributed by atoms with Crippen LogP contribution in [0.2, 0.25) is 0 Å². The highest BCUT2D eigenvalue weighted by Gasteiger charge is 2.42. The predicted octanol–water partition coefficient (Wildman–Crippen LogP) is 0.107. The maximum Gasteiger partial charge on any atom is 0.534 e. The summed E-state index contributed by atoms with van der Waals surface area (Å²) in [6, 6.07) is 0. The molecular formula is C11H13NO7. The summed E-state index contributed by atoms with van der Waals surface area (Å²) in [5, 5.41) is 0.463. The van der Waals surface area contributed by atoms with Crippen LogP contribution in [-0.4, -0.2) is 48.1 Å². The van der Waals surface area contributed by atoms with E-state index < -0.39 is 18.0 Å². The van der Waals surface area contributed by atoms with Crippen molar-refractivity contribution in [1.29, 1.82) is 0 Å². The molecule has 104 valence electrons. The van der Waals surface area contributed by atoms with E-state index in [0.29, 0.717) is 17.9 Å². The van der Waals surface area contributed by atoms with Crippen molar-refractivity contribution in [2.45, 2.75) is 44.0 Å². The lowest BCUT2D eigenvalue weighted by Gasteiger charge is -2.15. The molecule has 3 aliphatic rings. The molecule has 8 nitrogen and oxygen atoms in total. The molecule has 2 saturated heterocycles. The zero-order valence-electron chi connectivity index (χ0n) is 10.1. The first kappa shape index (κ1) is 12.4. The van der Waals surface area contributed by atoms with E-state index in [-0.39, 0.29) is 37.9 Å². The molecule has 0 spiro atoms. The van der Waals surface area contributed by atoms with Gasteiger partial charge in [0, 0.05) is 25.7 Å². The topological polar surface area (TPSA) is 91.4 Å².